The third-order valence-electron chi connectivity index (χ3n) is 8.49. The van der Waals surface area contributed by atoms with Crippen LogP contribution >= 0.6 is 0 Å². The summed E-state index contributed by atoms with van der Waals surface area (Å²) in [6.45, 7) is 17.9. The predicted molar refractivity (Wildman–Crippen MR) is 181 cm³/mol. The molecule has 0 bridgehead atoms. The van der Waals surface area contributed by atoms with E-state index in [1.54, 1.807) is 32.2 Å². The lowest BCUT2D eigenvalue weighted by Crippen LogP contribution is -2.46. The number of carbonyl (C=O) groups excluding carboxylic acids is 3. The van der Waals surface area contributed by atoms with E-state index in [4.69, 9.17) is 23.4 Å². The minimum atomic E-state index is -2.16. The number of nitrogens with one attached hydrogen (secondary N) is 1. The van der Waals surface area contributed by atoms with Crippen LogP contribution in [0.4, 0.5) is 0 Å². The van der Waals surface area contributed by atoms with Gasteiger partial charge in [0.1, 0.15) is 17.4 Å². The van der Waals surface area contributed by atoms with E-state index in [9.17, 15) is 14.4 Å². The predicted octanol–water partition coefficient (Wildman–Crippen LogP) is 7.32. The summed E-state index contributed by atoms with van der Waals surface area (Å²) in [6, 6.07) is 5.51. The topological polar surface area (TPSA) is 109 Å². The zero-order chi connectivity index (χ0) is 34.1. The molecule has 3 rings (SSSR count). The van der Waals surface area contributed by atoms with Gasteiger partial charge < -0.3 is 28.7 Å². The van der Waals surface area contributed by atoms with Crippen molar-refractivity contribution in [3.05, 3.63) is 65.9 Å². The third-order valence-corrected chi connectivity index (χ3v) is 13.0. The number of cyclic esters (lactones) is 1. The molecule has 0 saturated carbocycles. The molecule has 1 fully saturated rings. The van der Waals surface area contributed by atoms with Crippen LogP contribution in [0.15, 0.2) is 54.8 Å². The first-order valence-corrected chi connectivity index (χ1v) is 19.2. The molecule has 1 amide bonds. The van der Waals surface area contributed by atoms with Crippen LogP contribution in [-0.2, 0) is 34.6 Å². The Balaban J connectivity index is 1.79. The van der Waals surface area contributed by atoms with Crippen LogP contribution in [0.3, 0.4) is 0 Å². The third kappa shape index (κ3) is 11.2. The normalized spacial score (nSPS) is 22.4. The summed E-state index contributed by atoms with van der Waals surface area (Å²) < 4.78 is 30.7. The highest BCUT2D eigenvalue weighted by Crippen LogP contribution is 2.39. The quantitative estimate of drug-likeness (QED) is 0.102. The fourth-order valence-corrected chi connectivity index (χ4v) is 6.77. The summed E-state index contributed by atoms with van der Waals surface area (Å²) in [7, 11) is -2.16. The van der Waals surface area contributed by atoms with Crippen molar-refractivity contribution < 1.29 is 37.8 Å². The lowest BCUT2D eigenvalue weighted by atomic mass is 9.91. The summed E-state index contributed by atoms with van der Waals surface area (Å²) in [6.07, 6.45) is 13.0. The van der Waals surface area contributed by atoms with Crippen LogP contribution in [0.1, 0.15) is 96.5 Å². The van der Waals surface area contributed by atoms with Crippen molar-refractivity contribution in [1.82, 2.24) is 5.32 Å². The molecule has 46 heavy (non-hydrogen) atoms. The van der Waals surface area contributed by atoms with Crippen molar-refractivity contribution in [1.29, 1.82) is 0 Å². The minimum Gasteiger partial charge on any atom is -0.462 e. The van der Waals surface area contributed by atoms with Gasteiger partial charge >= 0.3 is 11.9 Å². The van der Waals surface area contributed by atoms with E-state index in [2.05, 4.69) is 39.2 Å². The average Bonchev–Trinajstić information content (AvgIpc) is 2.91. The van der Waals surface area contributed by atoms with Crippen LogP contribution in [0, 0.1) is 0 Å². The van der Waals surface area contributed by atoms with E-state index in [-0.39, 0.29) is 41.3 Å². The molecule has 1 N–H and O–H groups in total. The molecule has 1 saturated heterocycles. The number of amides is 1. The molecule has 2 heterocycles. The molecule has 254 valence electrons. The first-order valence-electron chi connectivity index (χ1n) is 16.3. The lowest BCUT2D eigenvalue weighted by molar-refractivity contribution is -0.160. The van der Waals surface area contributed by atoms with Gasteiger partial charge in [0.2, 0.25) is 11.7 Å². The Morgan fingerprint density at radius 3 is 2.50 bits per heavy atom. The van der Waals surface area contributed by atoms with Gasteiger partial charge in [-0.2, -0.15) is 0 Å². The second-order valence-electron chi connectivity index (χ2n) is 14.0. The first-order chi connectivity index (χ1) is 21.5. The standard InChI is InChI=1S/C36H53NO8Si/c1-10-11-12-13-19-32(39)37-20-15-17-27(45-46(8,9)35(3,4)5)22-30-24-29(41-25(2)38)23-28(42-30)21-26-16-14-18-31-33(26)34(40)44-36(6,7)43-31/h11-16,18-20,27-30H,10,17,21-24H2,1-9H3,(H,37,39)/b12-11-,19-13-,20-15-/t27-,28-,29+,30-/m0/s1. The number of benzene rings is 1. The molecular formula is C36H53NO8Si. The van der Waals surface area contributed by atoms with Gasteiger partial charge in [0, 0.05) is 45.9 Å². The molecule has 0 spiro atoms. The van der Waals surface area contributed by atoms with E-state index in [1.165, 1.54) is 13.0 Å². The molecule has 2 aliphatic heterocycles. The highest BCUT2D eigenvalue weighted by molar-refractivity contribution is 6.74. The molecule has 10 heteroatoms. The van der Waals surface area contributed by atoms with Crippen molar-refractivity contribution in [3.63, 3.8) is 0 Å². The number of hydrogen-bond acceptors (Lipinski definition) is 8. The first kappa shape index (κ1) is 37.2. The van der Waals surface area contributed by atoms with Crippen LogP contribution in [0.25, 0.3) is 0 Å². The summed E-state index contributed by atoms with van der Waals surface area (Å²) >= 11 is 0. The van der Waals surface area contributed by atoms with Crippen molar-refractivity contribution in [2.24, 2.45) is 0 Å². The number of fused-ring (bicyclic) bond motifs is 1. The highest BCUT2D eigenvalue weighted by atomic mass is 28.4. The van der Waals surface area contributed by atoms with Gasteiger partial charge in [-0.1, -0.05) is 64.1 Å². The molecule has 9 nitrogen and oxygen atoms in total. The van der Waals surface area contributed by atoms with Crippen molar-refractivity contribution in [3.8, 4) is 5.75 Å². The Morgan fingerprint density at radius 2 is 1.83 bits per heavy atom. The zero-order valence-electron chi connectivity index (χ0n) is 29.0. The average molecular weight is 656 g/mol. The summed E-state index contributed by atoms with van der Waals surface area (Å²) in [4.78, 5) is 37.2. The number of rotatable bonds is 13. The van der Waals surface area contributed by atoms with Crippen LogP contribution in [0.5, 0.6) is 5.75 Å². The van der Waals surface area contributed by atoms with E-state index < -0.39 is 20.1 Å². The molecule has 0 aromatic heterocycles. The Kier molecular flexibility index (Phi) is 13.0. The Morgan fingerprint density at radius 1 is 1.11 bits per heavy atom. The highest BCUT2D eigenvalue weighted by Gasteiger charge is 2.41. The molecule has 0 radical (unpaired) electrons. The number of esters is 2. The van der Waals surface area contributed by atoms with E-state index in [0.29, 0.717) is 43.4 Å². The minimum absolute atomic E-state index is 0.00609. The van der Waals surface area contributed by atoms with Crippen molar-refractivity contribution >= 4 is 26.2 Å². The summed E-state index contributed by atoms with van der Waals surface area (Å²) in [5.41, 5.74) is 1.16. The maximum absolute atomic E-state index is 13.0. The van der Waals surface area contributed by atoms with Crippen LogP contribution in [0.2, 0.25) is 18.1 Å². The fourth-order valence-electron chi connectivity index (χ4n) is 5.39. The van der Waals surface area contributed by atoms with E-state index in [1.807, 2.05) is 37.3 Å². The van der Waals surface area contributed by atoms with Gasteiger partial charge in [-0.3, -0.25) is 9.59 Å². The van der Waals surface area contributed by atoms with Crippen molar-refractivity contribution in [2.45, 2.75) is 135 Å². The van der Waals surface area contributed by atoms with Gasteiger partial charge in [0.05, 0.1) is 18.3 Å². The molecular weight excluding hydrogens is 602 g/mol. The summed E-state index contributed by atoms with van der Waals surface area (Å²) in [5, 5.41) is 2.78. The Hall–Kier alpha value is -3.21. The molecule has 0 aliphatic carbocycles. The molecule has 4 atom stereocenters. The van der Waals surface area contributed by atoms with Crippen LogP contribution in [-0.4, -0.2) is 56.4 Å². The van der Waals surface area contributed by atoms with Gasteiger partial charge in [0.15, 0.2) is 8.32 Å². The zero-order valence-corrected chi connectivity index (χ0v) is 30.0. The SMILES string of the molecule is CC/C=C\C=C/C(=O)N/C=C\C[C@@H](C[C@H]1C[C@H](OC(C)=O)C[C@H](Cc2cccc3c2C(=O)OC(C)(C)O3)O1)O[Si](C)(C)C(C)(C)C. The van der Waals surface area contributed by atoms with E-state index >= 15 is 0 Å². The lowest BCUT2D eigenvalue weighted by Gasteiger charge is -2.41. The van der Waals surface area contributed by atoms with Crippen LogP contribution < -0.4 is 10.1 Å². The summed E-state index contributed by atoms with van der Waals surface area (Å²) in [5.74, 6) is -1.54. The molecule has 0 unspecified atom stereocenters. The number of hydrogen-bond donors (Lipinski definition) is 1. The largest absolute Gasteiger partial charge is 0.462 e. The van der Waals surface area contributed by atoms with E-state index in [0.717, 1.165) is 12.0 Å². The van der Waals surface area contributed by atoms with Gasteiger partial charge in [-0.05, 0) is 55.4 Å². The number of allylic oxidation sites excluding steroid dienone is 3. The smallest absolute Gasteiger partial charge is 0.345 e. The second-order valence-corrected chi connectivity index (χ2v) is 18.8. The van der Waals surface area contributed by atoms with Gasteiger partial charge in [0.25, 0.3) is 0 Å². The van der Waals surface area contributed by atoms with Gasteiger partial charge in [-0.15, -0.1) is 0 Å². The molecule has 1 aromatic rings. The fraction of sp³-hybridized carbons (Fsp3) is 0.583. The maximum atomic E-state index is 13.0. The maximum Gasteiger partial charge on any atom is 0.345 e. The van der Waals surface area contributed by atoms with Crippen molar-refractivity contribution in [2.75, 3.05) is 0 Å². The molecule has 2 aliphatic rings. The second kappa shape index (κ2) is 16.1. The number of ether oxygens (including phenoxy) is 4. The Bertz CT molecular complexity index is 1310. The monoisotopic (exact) mass is 655 g/mol. The molecule has 1 aromatic carbocycles. The number of carbonyl (C=O) groups is 3. The Labute approximate surface area is 275 Å². The van der Waals surface area contributed by atoms with Gasteiger partial charge in [-0.25, -0.2) is 4.79 Å².